The Balaban J connectivity index is 1.95. The number of hydrogen-bond acceptors (Lipinski definition) is 5. The Morgan fingerprint density at radius 3 is 2.56 bits per heavy atom. The molecule has 0 aliphatic carbocycles. The first-order chi connectivity index (χ1) is 12.8. The van der Waals surface area contributed by atoms with Crippen molar-refractivity contribution in [2.45, 2.75) is 33.6 Å². The zero-order chi connectivity index (χ0) is 20.0. The van der Waals surface area contributed by atoms with Gasteiger partial charge in [-0.05, 0) is 31.0 Å². The smallest absolute Gasteiger partial charge is 0.339 e. The van der Waals surface area contributed by atoms with Crippen molar-refractivity contribution < 1.29 is 18.7 Å². The van der Waals surface area contributed by atoms with Crippen LogP contribution in [0.15, 0.2) is 27.4 Å². The predicted octanol–water partition coefficient (Wildman–Crippen LogP) is 1.93. The molecule has 7 nitrogen and oxygen atoms in total. The maximum Gasteiger partial charge on any atom is 0.339 e. The van der Waals surface area contributed by atoms with E-state index in [0.717, 1.165) is 10.9 Å². The fraction of sp³-hybridized carbons (Fsp3) is 0.450. The van der Waals surface area contributed by atoms with Crippen LogP contribution in [-0.2, 0) is 16.0 Å². The lowest BCUT2D eigenvalue weighted by Gasteiger charge is -2.10. The molecule has 7 heteroatoms. The Bertz CT molecular complexity index is 886. The van der Waals surface area contributed by atoms with Crippen LogP contribution in [0.2, 0.25) is 0 Å². The van der Waals surface area contributed by atoms with E-state index in [1.54, 1.807) is 33.1 Å². The summed E-state index contributed by atoms with van der Waals surface area (Å²) in [5.74, 6) is 0.296. The van der Waals surface area contributed by atoms with Crippen molar-refractivity contribution in [3.8, 4) is 5.75 Å². The SMILES string of the molecule is COc1ccc2c(C)c(CCC(=O)NCCNC(=O)C(C)C)c(=O)oc2c1. The van der Waals surface area contributed by atoms with Gasteiger partial charge in [0.2, 0.25) is 11.8 Å². The summed E-state index contributed by atoms with van der Waals surface area (Å²) in [5, 5.41) is 6.29. The van der Waals surface area contributed by atoms with Crippen LogP contribution < -0.4 is 21.0 Å². The van der Waals surface area contributed by atoms with Gasteiger partial charge in [-0.1, -0.05) is 13.8 Å². The Kier molecular flexibility index (Phi) is 6.98. The summed E-state index contributed by atoms with van der Waals surface area (Å²) >= 11 is 0. The molecule has 0 saturated heterocycles. The van der Waals surface area contributed by atoms with Crippen LogP contribution in [0.4, 0.5) is 0 Å². The maximum absolute atomic E-state index is 12.3. The van der Waals surface area contributed by atoms with Crippen LogP contribution >= 0.6 is 0 Å². The molecule has 0 aliphatic heterocycles. The van der Waals surface area contributed by atoms with E-state index in [4.69, 9.17) is 9.15 Å². The lowest BCUT2D eigenvalue weighted by molar-refractivity contribution is -0.124. The Labute approximate surface area is 158 Å². The lowest BCUT2D eigenvalue weighted by atomic mass is 10.0. The van der Waals surface area contributed by atoms with E-state index in [1.807, 2.05) is 13.0 Å². The first kappa shape index (κ1) is 20.5. The summed E-state index contributed by atoms with van der Waals surface area (Å²) in [6.07, 6.45) is 0.464. The van der Waals surface area contributed by atoms with Crippen molar-refractivity contribution in [2.24, 2.45) is 5.92 Å². The Morgan fingerprint density at radius 2 is 1.89 bits per heavy atom. The fourth-order valence-electron chi connectivity index (χ4n) is 2.71. The molecule has 2 aromatic rings. The van der Waals surface area contributed by atoms with E-state index < -0.39 is 5.63 Å². The van der Waals surface area contributed by atoms with E-state index >= 15 is 0 Å². The second-order valence-corrected chi connectivity index (χ2v) is 6.65. The van der Waals surface area contributed by atoms with E-state index in [0.29, 0.717) is 36.4 Å². The van der Waals surface area contributed by atoms with Gasteiger partial charge in [0.25, 0.3) is 0 Å². The molecule has 0 spiro atoms. The second kappa shape index (κ2) is 9.21. The number of ether oxygens (including phenoxy) is 1. The Hall–Kier alpha value is -2.83. The minimum absolute atomic E-state index is 0.0507. The molecule has 0 saturated carbocycles. The molecule has 0 radical (unpaired) electrons. The van der Waals surface area contributed by atoms with Crippen LogP contribution in [0.1, 0.15) is 31.4 Å². The molecular weight excluding hydrogens is 348 g/mol. The first-order valence-electron chi connectivity index (χ1n) is 8.98. The molecule has 2 amide bonds. The maximum atomic E-state index is 12.3. The summed E-state index contributed by atoms with van der Waals surface area (Å²) in [6.45, 7) is 6.19. The van der Waals surface area contributed by atoms with Gasteiger partial charge in [0.1, 0.15) is 11.3 Å². The normalized spacial score (nSPS) is 10.9. The number of methoxy groups -OCH3 is 1. The summed E-state index contributed by atoms with van der Waals surface area (Å²) < 4.78 is 10.5. The highest BCUT2D eigenvalue weighted by atomic mass is 16.5. The van der Waals surface area contributed by atoms with Crippen molar-refractivity contribution in [2.75, 3.05) is 20.2 Å². The average molecular weight is 374 g/mol. The number of nitrogens with one attached hydrogen (secondary N) is 2. The topological polar surface area (TPSA) is 97.6 Å². The fourth-order valence-corrected chi connectivity index (χ4v) is 2.71. The molecule has 146 valence electrons. The molecule has 0 atom stereocenters. The number of carbonyl (C=O) groups excluding carboxylic acids is 2. The third kappa shape index (κ3) is 5.32. The van der Waals surface area contributed by atoms with Crippen LogP contribution in [0.5, 0.6) is 5.75 Å². The molecular formula is C20H26N2O5. The number of rotatable bonds is 8. The number of amides is 2. The monoisotopic (exact) mass is 374 g/mol. The van der Waals surface area contributed by atoms with Crippen molar-refractivity contribution in [1.82, 2.24) is 10.6 Å². The molecule has 1 aromatic heterocycles. The molecule has 27 heavy (non-hydrogen) atoms. The van der Waals surface area contributed by atoms with Gasteiger partial charge in [0.15, 0.2) is 0 Å². The molecule has 0 fully saturated rings. The summed E-state index contributed by atoms with van der Waals surface area (Å²) in [6, 6.07) is 5.32. The minimum atomic E-state index is -0.440. The van der Waals surface area contributed by atoms with Crippen LogP contribution in [-0.4, -0.2) is 32.0 Å². The molecule has 0 unspecified atom stereocenters. The van der Waals surface area contributed by atoms with Gasteiger partial charge in [-0.15, -0.1) is 0 Å². The molecule has 0 aliphatic rings. The Morgan fingerprint density at radius 1 is 1.19 bits per heavy atom. The van der Waals surface area contributed by atoms with Gasteiger partial charge in [-0.25, -0.2) is 4.79 Å². The number of benzene rings is 1. The number of hydrogen-bond donors (Lipinski definition) is 2. The lowest BCUT2D eigenvalue weighted by Crippen LogP contribution is -2.36. The number of fused-ring (bicyclic) bond motifs is 1. The van der Waals surface area contributed by atoms with Crippen LogP contribution in [0, 0.1) is 12.8 Å². The summed E-state index contributed by atoms with van der Waals surface area (Å²) in [4.78, 5) is 35.7. The van der Waals surface area contributed by atoms with Crippen molar-refractivity contribution >= 4 is 22.8 Å². The van der Waals surface area contributed by atoms with Crippen molar-refractivity contribution in [3.05, 3.63) is 39.7 Å². The summed E-state index contributed by atoms with van der Waals surface area (Å²) in [5.41, 5.74) is 1.33. The first-order valence-corrected chi connectivity index (χ1v) is 8.98. The van der Waals surface area contributed by atoms with Crippen molar-refractivity contribution in [1.29, 1.82) is 0 Å². The van der Waals surface area contributed by atoms with Gasteiger partial charge in [-0.3, -0.25) is 9.59 Å². The highest BCUT2D eigenvalue weighted by Crippen LogP contribution is 2.24. The van der Waals surface area contributed by atoms with Gasteiger partial charge >= 0.3 is 5.63 Å². The van der Waals surface area contributed by atoms with E-state index in [2.05, 4.69) is 10.6 Å². The highest BCUT2D eigenvalue weighted by molar-refractivity contribution is 5.83. The van der Waals surface area contributed by atoms with E-state index in [9.17, 15) is 14.4 Å². The molecule has 0 bridgehead atoms. The molecule has 1 aromatic carbocycles. The van der Waals surface area contributed by atoms with Crippen LogP contribution in [0.25, 0.3) is 11.0 Å². The predicted molar refractivity (Wildman–Crippen MR) is 103 cm³/mol. The van der Waals surface area contributed by atoms with Gasteiger partial charge in [-0.2, -0.15) is 0 Å². The third-order valence-electron chi connectivity index (χ3n) is 4.37. The van der Waals surface area contributed by atoms with Crippen LogP contribution in [0.3, 0.4) is 0 Å². The third-order valence-corrected chi connectivity index (χ3v) is 4.37. The number of aryl methyl sites for hydroxylation is 1. The molecule has 2 N–H and O–H groups in total. The van der Waals surface area contributed by atoms with Gasteiger partial charge in [0, 0.05) is 42.4 Å². The summed E-state index contributed by atoms with van der Waals surface area (Å²) in [7, 11) is 1.55. The van der Waals surface area contributed by atoms with Gasteiger partial charge < -0.3 is 19.8 Å². The molecule has 1 heterocycles. The molecule has 2 rings (SSSR count). The van der Waals surface area contributed by atoms with Gasteiger partial charge in [0.05, 0.1) is 7.11 Å². The van der Waals surface area contributed by atoms with Crippen molar-refractivity contribution in [3.63, 3.8) is 0 Å². The van der Waals surface area contributed by atoms with E-state index in [1.165, 1.54) is 0 Å². The number of carbonyl (C=O) groups is 2. The average Bonchev–Trinajstić information content (AvgIpc) is 2.64. The highest BCUT2D eigenvalue weighted by Gasteiger charge is 2.13. The standard InChI is InChI=1S/C20H26N2O5/c1-12(2)19(24)22-10-9-21-18(23)8-7-16-13(3)15-6-5-14(26-4)11-17(15)27-20(16)25/h5-6,11-12H,7-10H2,1-4H3,(H,21,23)(H,22,24). The van der Waals surface area contributed by atoms with E-state index in [-0.39, 0.29) is 24.2 Å². The largest absolute Gasteiger partial charge is 0.497 e. The second-order valence-electron chi connectivity index (χ2n) is 6.65. The quantitative estimate of drug-likeness (QED) is 0.543. The minimum Gasteiger partial charge on any atom is -0.497 e. The zero-order valence-corrected chi connectivity index (χ0v) is 16.2. The zero-order valence-electron chi connectivity index (χ0n) is 16.2.